The van der Waals surface area contributed by atoms with Gasteiger partial charge in [-0.2, -0.15) is 0 Å². The quantitative estimate of drug-likeness (QED) is 0.115. The molecule has 0 aliphatic heterocycles. The first-order valence-corrected chi connectivity index (χ1v) is 13.9. The molecule has 0 aromatic rings. The summed E-state index contributed by atoms with van der Waals surface area (Å²) in [6, 6.07) is 0. The maximum Gasteiger partial charge on any atom is 0.00886 e. The van der Waals surface area contributed by atoms with Crippen molar-refractivity contribution >= 4 is 0 Å². The summed E-state index contributed by atoms with van der Waals surface area (Å²) in [6.45, 7) is 10.2. The Hall–Kier alpha value is -0.440. The molecule has 0 amide bonds. The summed E-state index contributed by atoms with van der Waals surface area (Å²) in [5.41, 5.74) is 0. The van der Waals surface area contributed by atoms with Crippen molar-refractivity contribution in [1.29, 1.82) is 0 Å². The second kappa shape index (κ2) is 26.6. The van der Waals surface area contributed by atoms with E-state index < -0.39 is 0 Å². The minimum atomic E-state index is 1.000. The van der Waals surface area contributed by atoms with Gasteiger partial charge < -0.3 is 0 Å². The standard InChI is InChI=1S/C30H56/c1-4-7-9-11-12-13-14-15-16-17-18-19-20-21-22-23-24-26-29-30(27-6-3)28-25-10-8-5-2/h30H,1-2,4-14,17-29H2,3H3. The largest absolute Gasteiger partial charge is 0.103 e. The number of rotatable bonds is 23. The third-order valence-corrected chi connectivity index (χ3v) is 6.40. The summed E-state index contributed by atoms with van der Waals surface area (Å²) in [5.74, 6) is 7.76. The molecule has 0 aromatic carbocycles. The fraction of sp³-hybridized carbons (Fsp3) is 0.867. The molecule has 0 heteroatoms. The van der Waals surface area contributed by atoms with Crippen LogP contribution in [-0.4, -0.2) is 0 Å². The molecule has 0 rings (SSSR count). The van der Waals surface area contributed by atoms with Crippen LogP contribution in [0.1, 0.15) is 161 Å². The number of unbranched alkanes of at least 4 members (excludes halogenated alkanes) is 17. The molecule has 0 heterocycles. The van der Waals surface area contributed by atoms with Crippen molar-refractivity contribution in [1.82, 2.24) is 0 Å². The van der Waals surface area contributed by atoms with Gasteiger partial charge in [-0.05, 0) is 18.8 Å². The zero-order valence-electron chi connectivity index (χ0n) is 21.0. The van der Waals surface area contributed by atoms with Crippen molar-refractivity contribution in [2.24, 2.45) is 5.92 Å². The average molecular weight is 417 g/mol. The number of hydrogen-bond acceptors (Lipinski definition) is 0. The van der Waals surface area contributed by atoms with Crippen LogP contribution < -0.4 is 0 Å². The number of hydrogen-bond donors (Lipinski definition) is 0. The summed E-state index contributed by atoms with van der Waals surface area (Å²) >= 11 is 0. The van der Waals surface area contributed by atoms with Crippen molar-refractivity contribution in [2.75, 3.05) is 0 Å². The normalized spacial score (nSPS) is 12.0. The predicted molar refractivity (Wildman–Crippen MR) is 138 cm³/mol. The van der Waals surface area contributed by atoms with Crippen LogP contribution in [0.5, 0.6) is 0 Å². The Labute approximate surface area is 192 Å². The first-order chi connectivity index (χ1) is 14.8. The van der Waals surface area contributed by atoms with Gasteiger partial charge in [-0.3, -0.25) is 0 Å². The van der Waals surface area contributed by atoms with Gasteiger partial charge in [0.05, 0.1) is 0 Å². The topological polar surface area (TPSA) is 0 Å². The zero-order chi connectivity index (χ0) is 22.0. The van der Waals surface area contributed by atoms with Gasteiger partial charge in [-0.15, -0.1) is 11.8 Å². The Balaban J connectivity index is 3.34. The third kappa shape index (κ3) is 23.8. The summed E-state index contributed by atoms with van der Waals surface area (Å²) in [6.07, 6.45) is 32.4. The smallest absolute Gasteiger partial charge is 0.00886 e. The highest BCUT2D eigenvalue weighted by atomic mass is 14.1. The van der Waals surface area contributed by atoms with Crippen LogP contribution in [0, 0.1) is 31.6 Å². The van der Waals surface area contributed by atoms with Gasteiger partial charge in [0.25, 0.3) is 0 Å². The second-order valence-corrected chi connectivity index (χ2v) is 9.45. The van der Waals surface area contributed by atoms with E-state index in [1.165, 1.54) is 128 Å². The molecule has 1 atom stereocenters. The first kappa shape index (κ1) is 29.6. The molecule has 176 valence electrons. The molecule has 0 bridgehead atoms. The fourth-order valence-corrected chi connectivity index (χ4v) is 4.43. The van der Waals surface area contributed by atoms with E-state index in [9.17, 15) is 0 Å². The Bertz CT molecular complexity index is 358. The highest BCUT2D eigenvalue weighted by molar-refractivity contribution is 4.98. The van der Waals surface area contributed by atoms with E-state index in [0.717, 1.165) is 31.6 Å². The molecule has 0 saturated carbocycles. The molecule has 1 unspecified atom stereocenters. The Kier molecular flexibility index (Phi) is 26.2. The maximum absolute atomic E-state index is 3.96. The molecule has 30 heavy (non-hydrogen) atoms. The summed E-state index contributed by atoms with van der Waals surface area (Å²) in [5, 5.41) is 0. The van der Waals surface area contributed by atoms with Crippen LogP contribution >= 0.6 is 0 Å². The monoisotopic (exact) mass is 416 g/mol. The highest BCUT2D eigenvalue weighted by Gasteiger charge is 2.07. The predicted octanol–water partition coefficient (Wildman–Crippen LogP) is 10.7. The van der Waals surface area contributed by atoms with E-state index in [-0.39, 0.29) is 0 Å². The SMILES string of the molecule is [CH2]CCCCCCCC#CCCCCCCCCCCC(CCC)CCCCC[CH2]. The highest BCUT2D eigenvalue weighted by Crippen LogP contribution is 2.23. The van der Waals surface area contributed by atoms with Crippen LogP contribution in [0.25, 0.3) is 0 Å². The van der Waals surface area contributed by atoms with E-state index in [1.807, 2.05) is 0 Å². The molecule has 0 saturated heterocycles. The van der Waals surface area contributed by atoms with Crippen molar-refractivity contribution < 1.29 is 0 Å². The van der Waals surface area contributed by atoms with E-state index in [4.69, 9.17) is 0 Å². The molecule has 0 aromatic heterocycles. The average Bonchev–Trinajstić information content (AvgIpc) is 2.75. The van der Waals surface area contributed by atoms with Gasteiger partial charge in [-0.25, -0.2) is 0 Å². The van der Waals surface area contributed by atoms with Crippen molar-refractivity contribution in [2.45, 2.75) is 161 Å². The van der Waals surface area contributed by atoms with Crippen LogP contribution in [0.3, 0.4) is 0 Å². The maximum atomic E-state index is 3.96. The molecule has 2 radical (unpaired) electrons. The molecular formula is C30H56. The lowest BCUT2D eigenvalue weighted by atomic mass is 9.91. The van der Waals surface area contributed by atoms with Crippen LogP contribution in [0.2, 0.25) is 0 Å². The molecule has 0 N–H and O–H groups in total. The van der Waals surface area contributed by atoms with Crippen molar-refractivity contribution in [3.05, 3.63) is 13.8 Å². The molecular weight excluding hydrogens is 360 g/mol. The van der Waals surface area contributed by atoms with Gasteiger partial charge in [0.2, 0.25) is 0 Å². The van der Waals surface area contributed by atoms with Crippen LogP contribution in [0.4, 0.5) is 0 Å². The van der Waals surface area contributed by atoms with Gasteiger partial charge in [0.15, 0.2) is 0 Å². The van der Waals surface area contributed by atoms with Gasteiger partial charge in [0, 0.05) is 12.8 Å². The summed E-state index contributed by atoms with van der Waals surface area (Å²) in [7, 11) is 0. The molecule has 0 aliphatic rings. The first-order valence-electron chi connectivity index (χ1n) is 13.9. The minimum absolute atomic E-state index is 1.000. The molecule has 0 nitrogen and oxygen atoms in total. The van der Waals surface area contributed by atoms with E-state index >= 15 is 0 Å². The van der Waals surface area contributed by atoms with E-state index in [2.05, 4.69) is 32.6 Å². The van der Waals surface area contributed by atoms with Gasteiger partial charge >= 0.3 is 0 Å². The van der Waals surface area contributed by atoms with Crippen molar-refractivity contribution in [3.63, 3.8) is 0 Å². The second-order valence-electron chi connectivity index (χ2n) is 9.45. The van der Waals surface area contributed by atoms with Crippen LogP contribution in [-0.2, 0) is 0 Å². The molecule has 0 fully saturated rings. The lowest BCUT2D eigenvalue weighted by molar-refractivity contribution is 0.378. The zero-order valence-corrected chi connectivity index (χ0v) is 21.0. The lowest BCUT2D eigenvalue weighted by Crippen LogP contribution is -2.00. The third-order valence-electron chi connectivity index (χ3n) is 6.40. The molecule has 0 aliphatic carbocycles. The minimum Gasteiger partial charge on any atom is -0.103 e. The van der Waals surface area contributed by atoms with E-state index in [0.29, 0.717) is 0 Å². The van der Waals surface area contributed by atoms with Crippen molar-refractivity contribution in [3.8, 4) is 11.8 Å². The van der Waals surface area contributed by atoms with Gasteiger partial charge in [0.1, 0.15) is 0 Å². The molecule has 0 spiro atoms. The fourth-order valence-electron chi connectivity index (χ4n) is 4.43. The van der Waals surface area contributed by atoms with Crippen LogP contribution in [0.15, 0.2) is 0 Å². The van der Waals surface area contributed by atoms with E-state index in [1.54, 1.807) is 0 Å². The van der Waals surface area contributed by atoms with Gasteiger partial charge in [-0.1, -0.05) is 149 Å². The summed E-state index contributed by atoms with van der Waals surface area (Å²) in [4.78, 5) is 0. The Morgan fingerprint density at radius 1 is 0.467 bits per heavy atom. The Morgan fingerprint density at radius 2 is 0.833 bits per heavy atom. The Morgan fingerprint density at radius 3 is 1.27 bits per heavy atom. The summed E-state index contributed by atoms with van der Waals surface area (Å²) < 4.78 is 0. The lowest BCUT2D eigenvalue weighted by Gasteiger charge is -2.15.